The third-order valence-corrected chi connectivity index (χ3v) is 4.62. The highest BCUT2D eigenvalue weighted by Gasteiger charge is 2.23. The molecule has 3 N–H and O–H groups in total. The normalized spacial score (nSPS) is 13.6. The van der Waals surface area contributed by atoms with Crippen molar-refractivity contribution in [1.82, 2.24) is 16.0 Å². The van der Waals surface area contributed by atoms with Crippen molar-refractivity contribution in [3.8, 4) is 5.75 Å². The molecule has 0 heterocycles. The topological polar surface area (TPSA) is 74.8 Å². The van der Waals surface area contributed by atoms with Crippen LogP contribution in [-0.2, 0) is 17.8 Å². The summed E-state index contributed by atoms with van der Waals surface area (Å²) in [6.45, 7) is 4.03. The van der Waals surface area contributed by atoms with Gasteiger partial charge in [0.2, 0.25) is 0 Å². The van der Waals surface area contributed by atoms with Crippen LogP contribution in [0.3, 0.4) is 0 Å². The molecule has 0 saturated heterocycles. The van der Waals surface area contributed by atoms with Crippen molar-refractivity contribution in [2.45, 2.75) is 38.8 Å². The molecule has 0 spiro atoms. The Morgan fingerprint density at radius 1 is 1.07 bits per heavy atom. The molecule has 0 bridgehead atoms. The van der Waals surface area contributed by atoms with Crippen LogP contribution in [0, 0.1) is 5.82 Å². The van der Waals surface area contributed by atoms with E-state index in [0.29, 0.717) is 18.3 Å². The van der Waals surface area contributed by atoms with Gasteiger partial charge < -0.3 is 20.7 Å². The first-order valence-electron chi connectivity index (χ1n) is 10.4. The van der Waals surface area contributed by atoms with Crippen LogP contribution in [0.5, 0.6) is 5.75 Å². The van der Waals surface area contributed by atoms with Gasteiger partial charge in [-0.05, 0) is 61.6 Å². The Morgan fingerprint density at radius 3 is 2.43 bits per heavy atom. The molecule has 0 aliphatic heterocycles. The van der Waals surface area contributed by atoms with Crippen LogP contribution in [0.4, 0.5) is 4.39 Å². The number of guanidine groups is 1. The molecule has 1 aliphatic carbocycles. The van der Waals surface area contributed by atoms with Gasteiger partial charge in [0.25, 0.3) is 5.91 Å². The zero-order chi connectivity index (χ0) is 21.2. The zero-order valence-corrected chi connectivity index (χ0v) is 17.3. The molecule has 3 rings (SSSR count). The first-order chi connectivity index (χ1) is 14.6. The average Bonchev–Trinajstić information content (AvgIpc) is 3.56. The van der Waals surface area contributed by atoms with E-state index in [2.05, 4.69) is 20.9 Å². The van der Waals surface area contributed by atoms with E-state index in [-0.39, 0.29) is 18.3 Å². The summed E-state index contributed by atoms with van der Waals surface area (Å²) in [5.74, 6) is 1.10. The lowest BCUT2D eigenvalue weighted by Crippen LogP contribution is -2.38. The number of amides is 1. The second kappa shape index (κ2) is 11.2. The number of nitrogens with zero attached hydrogens (tertiary/aromatic N) is 1. The maximum absolute atomic E-state index is 13.0. The van der Waals surface area contributed by atoms with Crippen molar-refractivity contribution >= 4 is 11.9 Å². The Morgan fingerprint density at radius 2 is 1.77 bits per heavy atom. The van der Waals surface area contributed by atoms with Crippen molar-refractivity contribution in [2.24, 2.45) is 4.99 Å². The molecule has 0 radical (unpaired) electrons. The monoisotopic (exact) mass is 412 g/mol. The van der Waals surface area contributed by atoms with E-state index in [4.69, 9.17) is 4.74 Å². The molecule has 6 nitrogen and oxygen atoms in total. The van der Waals surface area contributed by atoms with Gasteiger partial charge in [0.05, 0.1) is 6.54 Å². The first kappa shape index (κ1) is 21.6. The molecule has 0 atom stereocenters. The highest BCUT2D eigenvalue weighted by Crippen LogP contribution is 2.18. The fraction of sp³-hybridized carbons (Fsp3) is 0.391. The minimum Gasteiger partial charge on any atom is -0.484 e. The van der Waals surface area contributed by atoms with E-state index < -0.39 is 0 Å². The number of carbonyl (C=O) groups is 1. The Bertz CT molecular complexity index is 833. The summed E-state index contributed by atoms with van der Waals surface area (Å²) in [6.07, 6.45) is 2.96. The summed E-state index contributed by atoms with van der Waals surface area (Å²) in [7, 11) is 0. The summed E-state index contributed by atoms with van der Waals surface area (Å²) in [5.41, 5.74) is 2.11. The number of rotatable bonds is 10. The molecule has 1 aliphatic rings. The molecular weight excluding hydrogens is 383 g/mol. The van der Waals surface area contributed by atoms with Crippen LogP contribution in [0.1, 0.15) is 30.9 Å². The SMILES string of the molecule is CCNC(=NCc1ccc(F)cc1)NCCc1ccc(OCC(=O)NC2CC2)cc1. The Balaban J connectivity index is 1.41. The van der Waals surface area contributed by atoms with Crippen LogP contribution in [0.25, 0.3) is 0 Å². The zero-order valence-electron chi connectivity index (χ0n) is 17.3. The van der Waals surface area contributed by atoms with Gasteiger partial charge in [0.1, 0.15) is 11.6 Å². The van der Waals surface area contributed by atoms with E-state index in [0.717, 1.165) is 49.4 Å². The van der Waals surface area contributed by atoms with Gasteiger partial charge in [-0.3, -0.25) is 4.79 Å². The molecule has 0 unspecified atom stereocenters. The Kier molecular flexibility index (Phi) is 8.06. The first-order valence-corrected chi connectivity index (χ1v) is 10.4. The van der Waals surface area contributed by atoms with Crippen LogP contribution >= 0.6 is 0 Å². The van der Waals surface area contributed by atoms with Gasteiger partial charge in [-0.25, -0.2) is 9.38 Å². The third kappa shape index (κ3) is 7.73. The van der Waals surface area contributed by atoms with E-state index >= 15 is 0 Å². The number of aliphatic imine (C=N–C) groups is 1. The number of halogens is 1. The summed E-state index contributed by atoms with van der Waals surface area (Å²) < 4.78 is 18.5. The molecule has 1 fully saturated rings. The Labute approximate surface area is 176 Å². The smallest absolute Gasteiger partial charge is 0.258 e. The minimum atomic E-state index is -0.245. The van der Waals surface area contributed by atoms with Crippen LogP contribution in [0.2, 0.25) is 0 Å². The predicted molar refractivity (Wildman–Crippen MR) is 116 cm³/mol. The fourth-order valence-electron chi connectivity index (χ4n) is 2.83. The molecule has 7 heteroatoms. The van der Waals surface area contributed by atoms with Crippen molar-refractivity contribution in [3.05, 3.63) is 65.5 Å². The molecule has 0 aromatic heterocycles. The van der Waals surface area contributed by atoms with E-state index in [1.54, 1.807) is 12.1 Å². The predicted octanol–water partition coefficient (Wildman–Crippen LogP) is 2.78. The van der Waals surface area contributed by atoms with Gasteiger partial charge in [-0.1, -0.05) is 24.3 Å². The summed E-state index contributed by atoms with van der Waals surface area (Å²) in [5, 5.41) is 9.42. The maximum Gasteiger partial charge on any atom is 0.258 e. The summed E-state index contributed by atoms with van der Waals surface area (Å²) >= 11 is 0. The number of carbonyl (C=O) groups excluding carboxylic acids is 1. The Hall–Kier alpha value is -3.09. The van der Waals surface area contributed by atoms with Crippen LogP contribution in [0.15, 0.2) is 53.5 Å². The molecule has 30 heavy (non-hydrogen) atoms. The van der Waals surface area contributed by atoms with E-state index in [1.165, 1.54) is 12.1 Å². The lowest BCUT2D eigenvalue weighted by Gasteiger charge is -2.12. The fourth-order valence-corrected chi connectivity index (χ4v) is 2.83. The molecule has 2 aromatic carbocycles. The van der Waals surface area contributed by atoms with Crippen molar-refractivity contribution in [2.75, 3.05) is 19.7 Å². The number of hydrogen-bond donors (Lipinski definition) is 3. The molecule has 1 amide bonds. The molecular formula is C23H29FN4O2. The maximum atomic E-state index is 13.0. The highest BCUT2D eigenvalue weighted by atomic mass is 19.1. The highest BCUT2D eigenvalue weighted by molar-refractivity contribution is 5.79. The van der Waals surface area contributed by atoms with Crippen LogP contribution in [-0.4, -0.2) is 37.6 Å². The largest absolute Gasteiger partial charge is 0.484 e. The van der Waals surface area contributed by atoms with Crippen molar-refractivity contribution < 1.29 is 13.9 Å². The standard InChI is InChI=1S/C23H29FN4O2/c1-2-25-23(27-15-18-3-7-19(24)8-4-18)26-14-13-17-5-11-21(12-6-17)30-16-22(29)28-20-9-10-20/h3-8,11-12,20H,2,9-10,13-16H2,1H3,(H,28,29)(H2,25,26,27). The second-order valence-electron chi connectivity index (χ2n) is 7.27. The van der Waals surface area contributed by atoms with Gasteiger partial charge in [0, 0.05) is 19.1 Å². The van der Waals surface area contributed by atoms with E-state index in [1.807, 2.05) is 31.2 Å². The number of hydrogen-bond acceptors (Lipinski definition) is 3. The van der Waals surface area contributed by atoms with Gasteiger partial charge in [-0.2, -0.15) is 0 Å². The lowest BCUT2D eigenvalue weighted by molar-refractivity contribution is -0.123. The second-order valence-corrected chi connectivity index (χ2v) is 7.27. The van der Waals surface area contributed by atoms with Crippen LogP contribution < -0.4 is 20.7 Å². The molecule has 1 saturated carbocycles. The third-order valence-electron chi connectivity index (χ3n) is 4.62. The number of nitrogens with one attached hydrogen (secondary N) is 3. The van der Waals surface area contributed by atoms with Gasteiger partial charge in [-0.15, -0.1) is 0 Å². The molecule has 2 aromatic rings. The van der Waals surface area contributed by atoms with Crippen molar-refractivity contribution in [3.63, 3.8) is 0 Å². The number of benzene rings is 2. The number of ether oxygens (including phenoxy) is 1. The minimum absolute atomic E-state index is 0.0496. The summed E-state index contributed by atoms with van der Waals surface area (Å²) in [6, 6.07) is 14.5. The molecule has 160 valence electrons. The van der Waals surface area contributed by atoms with Crippen molar-refractivity contribution in [1.29, 1.82) is 0 Å². The lowest BCUT2D eigenvalue weighted by atomic mass is 10.1. The van der Waals surface area contributed by atoms with Gasteiger partial charge >= 0.3 is 0 Å². The van der Waals surface area contributed by atoms with Gasteiger partial charge in [0.15, 0.2) is 12.6 Å². The summed E-state index contributed by atoms with van der Waals surface area (Å²) in [4.78, 5) is 16.2. The average molecular weight is 413 g/mol. The van der Waals surface area contributed by atoms with E-state index in [9.17, 15) is 9.18 Å². The quantitative estimate of drug-likeness (QED) is 0.414.